The average Bonchev–Trinajstić information content (AvgIpc) is 3.61. The molecular formula is C51H32N4. The fourth-order valence-electron chi connectivity index (χ4n) is 8.22. The molecule has 0 bridgehead atoms. The first-order valence-electron chi connectivity index (χ1n) is 18.6. The summed E-state index contributed by atoms with van der Waals surface area (Å²) in [6.07, 6.45) is 2.01. The molecule has 256 valence electrons. The van der Waals surface area contributed by atoms with Crippen molar-refractivity contribution in [3.8, 4) is 56.2 Å². The Kier molecular flexibility index (Phi) is 7.14. The van der Waals surface area contributed by atoms with Gasteiger partial charge in [0.25, 0.3) is 0 Å². The van der Waals surface area contributed by atoms with Crippen molar-refractivity contribution in [3.05, 3.63) is 194 Å². The van der Waals surface area contributed by atoms with Crippen molar-refractivity contribution in [2.45, 2.75) is 0 Å². The van der Waals surface area contributed by atoms with Crippen molar-refractivity contribution in [2.75, 3.05) is 0 Å². The van der Waals surface area contributed by atoms with Crippen molar-refractivity contribution in [1.29, 1.82) is 0 Å². The second-order valence-corrected chi connectivity index (χ2v) is 14.0. The summed E-state index contributed by atoms with van der Waals surface area (Å²) < 4.78 is 2.34. The Bertz CT molecular complexity index is 3140. The highest BCUT2D eigenvalue weighted by molar-refractivity contribution is 6.08. The zero-order valence-electron chi connectivity index (χ0n) is 29.8. The molecule has 0 saturated carbocycles. The molecule has 0 radical (unpaired) electrons. The molecule has 0 amide bonds. The van der Waals surface area contributed by atoms with Crippen molar-refractivity contribution in [1.82, 2.24) is 19.4 Å². The molecule has 0 fully saturated rings. The van der Waals surface area contributed by atoms with E-state index in [1.54, 1.807) is 0 Å². The van der Waals surface area contributed by atoms with Crippen LogP contribution in [0.15, 0.2) is 194 Å². The lowest BCUT2D eigenvalue weighted by atomic mass is 9.97. The number of rotatable bonds is 5. The van der Waals surface area contributed by atoms with Gasteiger partial charge in [-0.25, -0.2) is 9.97 Å². The van der Waals surface area contributed by atoms with Crippen LogP contribution in [0, 0.1) is 0 Å². The fourth-order valence-corrected chi connectivity index (χ4v) is 8.22. The molecule has 11 rings (SSSR count). The number of hydrogen-bond donors (Lipinski definition) is 0. The van der Waals surface area contributed by atoms with Gasteiger partial charge in [0, 0.05) is 27.6 Å². The summed E-state index contributed by atoms with van der Waals surface area (Å²) >= 11 is 0. The van der Waals surface area contributed by atoms with E-state index in [9.17, 15) is 0 Å². The van der Waals surface area contributed by atoms with E-state index < -0.39 is 0 Å². The number of hydrogen-bond acceptors (Lipinski definition) is 3. The molecule has 0 aliphatic rings. The summed E-state index contributed by atoms with van der Waals surface area (Å²) in [5, 5.41) is 5.87. The minimum atomic E-state index is 0.714. The lowest BCUT2D eigenvalue weighted by molar-refractivity contribution is 1.19. The van der Waals surface area contributed by atoms with Gasteiger partial charge in [-0.2, -0.15) is 0 Å². The highest BCUT2D eigenvalue weighted by Crippen LogP contribution is 2.39. The number of aromatic nitrogens is 4. The molecule has 4 heteroatoms. The molecule has 4 nitrogen and oxygen atoms in total. The summed E-state index contributed by atoms with van der Waals surface area (Å²) in [4.78, 5) is 15.3. The Morgan fingerprint density at radius 1 is 0.364 bits per heavy atom. The molecule has 3 heterocycles. The number of fused-ring (bicyclic) bond motifs is 7. The van der Waals surface area contributed by atoms with Gasteiger partial charge in [0.2, 0.25) is 0 Å². The maximum Gasteiger partial charge on any atom is 0.161 e. The van der Waals surface area contributed by atoms with E-state index in [1.807, 2.05) is 12.3 Å². The molecule has 0 aliphatic carbocycles. The van der Waals surface area contributed by atoms with Gasteiger partial charge in [0.15, 0.2) is 5.82 Å². The van der Waals surface area contributed by atoms with E-state index in [1.165, 1.54) is 38.2 Å². The fraction of sp³-hybridized carbons (Fsp3) is 0. The van der Waals surface area contributed by atoms with Crippen LogP contribution in [0.5, 0.6) is 0 Å². The first-order valence-corrected chi connectivity index (χ1v) is 18.6. The summed E-state index contributed by atoms with van der Waals surface area (Å²) in [7, 11) is 0. The Hall–Kier alpha value is -7.43. The van der Waals surface area contributed by atoms with Crippen LogP contribution in [0.3, 0.4) is 0 Å². The van der Waals surface area contributed by atoms with Crippen LogP contribution in [0.25, 0.3) is 105 Å². The number of benzene rings is 8. The lowest BCUT2D eigenvalue weighted by Crippen LogP contribution is -1.97. The Labute approximate surface area is 317 Å². The normalized spacial score (nSPS) is 11.6. The third-order valence-electron chi connectivity index (χ3n) is 10.9. The van der Waals surface area contributed by atoms with Crippen LogP contribution in [0.2, 0.25) is 0 Å². The van der Waals surface area contributed by atoms with Crippen molar-refractivity contribution in [2.24, 2.45) is 0 Å². The lowest BCUT2D eigenvalue weighted by Gasteiger charge is -2.13. The van der Waals surface area contributed by atoms with Gasteiger partial charge < -0.3 is 4.40 Å². The third kappa shape index (κ3) is 5.19. The quantitative estimate of drug-likeness (QED) is 0.179. The number of para-hydroxylation sites is 3. The van der Waals surface area contributed by atoms with Gasteiger partial charge in [-0.05, 0) is 62.5 Å². The van der Waals surface area contributed by atoms with Crippen molar-refractivity contribution < 1.29 is 0 Å². The minimum Gasteiger partial charge on any atom is -0.306 e. The van der Waals surface area contributed by atoms with E-state index in [0.717, 1.165) is 61.1 Å². The topological polar surface area (TPSA) is 43.1 Å². The zero-order chi connectivity index (χ0) is 36.3. The van der Waals surface area contributed by atoms with E-state index in [-0.39, 0.29) is 0 Å². The predicted octanol–water partition coefficient (Wildman–Crippen LogP) is 13.1. The smallest absolute Gasteiger partial charge is 0.161 e. The second kappa shape index (κ2) is 12.6. The standard InChI is InChI=1S/C51H32N4/c1-3-15-39-35(11-1)13-9-18-41(39)46-31-45(53-51(54-46)42-19-10-14-36-12-2-4-16-40(36)42)37-27-23-33(24-28-37)34-25-29-38(30-26-34)50-43-17-5-7-21-47(43)55-48-22-8-6-20-44(48)52-32-49(50)55/h1-32H. The Morgan fingerprint density at radius 2 is 0.891 bits per heavy atom. The second-order valence-electron chi connectivity index (χ2n) is 14.0. The van der Waals surface area contributed by atoms with E-state index in [2.05, 4.69) is 186 Å². The minimum absolute atomic E-state index is 0.714. The first kappa shape index (κ1) is 31.1. The summed E-state index contributed by atoms with van der Waals surface area (Å²) in [5.74, 6) is 0.714. The molecule has 0 unspecified atom stereocenters. The molecule has 0 N–H and O–H groups in total. The highest BCUT2D eigenvalue weighted by atomic mass is 14.9. The van der Waals surface area contributed by atoms with Gasteiger partial charge >= 0.3 is 0 Å². The molecule has 0 spiro atoms. The maximum atomic E-state index is 5.23. The van der Waals surface area contributed by atoms with Gasteiger partial charge in [-0.3, -0.25) is 4.98 Å². The number of nitrogens with zero attached hydrogens (tertiary/aromatic N) is 4. The zero-order valence-corrected chi connectivity index (χ0v) is 29.8. The van der Waals surface area contributed by atoms with Crippen LogP contribution in [-0.4, -0.2) is 19.4 Å². The SMILES string of the molecule is c1ccc2c(-c3cc(-c4ccc(-c5ccc(-c6c7ccccc7n7c6cnc6ccccc67)cc5)cc4)nc(-c4cccc5ccccc45)n3)cccc2c1. The Balaban J connectivity index is 0.994. The van der Waals surface area contributed by atoms with Crippen LogP contribution >= 0.6 is 0 Å². The van der Waals surface area contributed by atoms with Gasteiger partial charge in [-0.15, -0.1) is 0 Å². The van der Waals surface area contributed by atoms with Gasteiger partial charge in [0.05, 0.1) is 39.7 Å². The van der Waals surface area contributed by atoms with E-state index >= 15 is 0 Å². The monoisotopic (exact) mass is 700 g/mol. The van der Waals surface area contributed by atoms with Gasteiger partial charge in [-0.1, -0.05) is 164 Å². The first-order chi connectivity index (χ1) is 27.3. The van der Waals surface area contributed by atoms with Crippen LogP contribution in [0.1, 0.15) is 0 Å². The molecule has 11 aromatic rings. The van der Waals surface area contributed by atoms with Gasteiger partial charge in [0.1, 0.15) is 0 Å². The molecule has 0 atom stereocenters. The van der Waals surface area contributed by atoms with E-state index in [4.69, 9.17) is 15.0 Å². The highest BCUT2D eigenvalue weighted by Gasteiger charge is 2.17. The molecule has 8 aromatic carbocycles. The summed E-state index contributed by atoms with van der Waals surface area (Å²) in [5.41, 5.74) is 14.0. The summed E-state index contributed by atoms with van der Waals surface area (Å²) in [6, 6.07) is 66.5. The van der Waals surface area contributed by atoms with Crippen LogP contribution in [-0.2, 0) is 0 Å². The molecule has 0 aliphatic heterocycles. The Morgan fingerprint density at radius 3 is 1.62 bits per heavy atom. The van der Waals surface area contributed by atoms with Crippen molar-refractivity contribution >= 4 is 49.0 Å². The molecule has 55 heavy (non-hydrogen) atoms. The van der Waals surface area contributed by atoms with E-state index in [0.29, 0.717) is 5.82 Å². The largest absolute Gasteiger partial charge is 0.306 e. The molecular weight excluding hydrogens is 669 g/mol. The van der Waals surface area contributed by atoms with Crippen molar-refractivity contribution in [3.63, 3.8) is 0 Å². The molecule has 3 aromatic heterocycles. The summed E-state index contributed by atoms with van der Waals surface area (Å²) in [6.45, 7) is 0. The van der Waals surface area contributed by atoms with Crippen LogP contribution in [0.4, 0.5) is 0 Å². The predicted molar refractivity (Wildman–Crippen MR) is 228 cm³/mol. The van der Waals surface area contributed by atoms with Crippen LogP contribution < -0.4 is 0 Å². The third-order valence-corrected chi connectivity index (χ3v) is 10.9. The molecule has 0 saturated heterocycles. The average molecular weight is 701 g/mol. The maximum absolute atomic E-state index is 5.23.